The Bertz CT molecular complexity index is 105. The van der Waals surface area contributed by atoms with Crippen LogP contribution in [0.15, 0.2) is 0 Å². The number of nitrogens with zero attached hydrogens (tertiary/aromatic N) is 1. The van der Waals surface area contributed by atoms with Gasteiger partial charge in [0.15, 0.2) is 0 Å². The van der Waals surface area contributed by atoms with E-state index in [1.165, 1.54) is 26.2 Å². The van der Waals surface area contributed by atoms with Gasteiger partial charge >= 0.3 is 0 Å². The molecule has 2 aliphatic rings. The normalized spacial score (nSPS) is 23.2. The number of hydrogen-bond acceptors (Lipinski definition) is 2. The Labute approximate surface area is 102 Å². The van der Waals surface area contributed by atoms with E-state index in [-0.39, 0.29) is 40.1 Å². The zero-order valence-corrected chi connectivity index (χ0v) is 11.4. The van der Waals surface area contributed by atoms with Crippen molar-refractivity contribution in [2.45, 2.75) is 13.8 Å². The van der Waals surface area contributed by atoms with Crippen LogP contribution in [0.25, 0.3) is 0 Å². The van der Waals surface area contributed by atoms with Crippen molar-refractivity contribution < 1.29 is 32.7 Å². The topological polar surface area (TPSA) is 15.3 Å². The molecule has 0 atom stereocenters. The van der Waals surface area contributed by atoms with Crippen molar-refractivity contribution >= 4 is 0 Å². The third-order valence-corrected chi connectivity index (χ3v) is 2.12. The summed E-state index contributed by atoms with van der Waals surface area (Å²) in [5.74, 6) is 0. The molecule has 2 rings (SSSR count). The van der Waals surface area contributed by atoms with Crippen LogP contribution in [0.3, 0.4) is 0 Å². The smallest absolute Gasteiger partial charge is 0.0158 e. The van der Waals surface area contributed by atoms with Crippen LogP contribution in [0.2, 0.25) is 0 Å². The zero-order chi connectivity index (χ0) is 7.61. The Kier molecular flexibility index (Phi) is 8.36. The van der Waals surface area contributed by atoms with Crippen molar-refractivity contribution in [3.05, 3.63) is 14.5 Å². The molecule has 0 saturated carbocycles. The van der Waals surface area contributed by atoms with Crippen LogP contribution >= 0.6 is 0 Å². The minimum Gasteiger partial charge on any atom is -0.458 e. The van der Waals surface area contributed by atoms with Crippen molar-refractivity contribution in [2.75, 3.05) is 26.2 Å². The van der Waals surface area contributed by atoms with Crippen LogP contribution in [0.4, 0.5) is 0 Å². The van der Waals surface area contributed by atoms with Crippen molar-refractivity contribution in [1.29, 1.82) is 0 Å². The van der Waals surface area contributed by atoms with E-state index in [4.69, 9.17) is 0 Å². The summed E-state index contributed by atoms with van der Waals surface area (Å²) in [6.45, 7) is 8.86. The molecule has 0 aliphatic carbocycles. The molecule has 0 unspecified atom stereocenters. The van der Waals surface area contributed by atoms with Gasteiger partial charge in [0.05, 0.1) is 0 Å². The minimum absolute atomic E-state index is 0. The molecule has 0 bridgehead atoms. The molecule has 1 radical (unpaired) electrons. The molecule has 3 heteroatoms. The zero-order valence-electron chi connectivity index (χ0n) is 8.56. The SMILES string of the molecule is CC.[CH2-]N1CC2(CNC2)C1.[CH3-].[Y]. The number of nitrogens with one attached hydrogen (secondary N) is 1. The van der Waals surface area contributed by atoms with Gasteiger partial charge < -0.3 is 17.6 Å². The Morgan fingerprint density at radius 2 is 1.67 bits per heavy atom. The van der Waals surface area contributed by atoms with Crippen molar-refractivity contribution in [1.82, 2.24) is 10.2 Å². The fourth-order valence-electron chi connectivity index (χ4n) is 1.60. The Morgan fingerprint density at radius 3 is 1.75 bits per heavy atom. The number of rotatable bonds is 0. The monoisotopic (exact) mass is 245 g/mol. The third kappa shape index (κ3) is 3.06. The Hall–Kier alpha value is 1.02. The third-order valence-electron chi connectivity index (χ3n) is 2.12. The van der Waals surface area contributed by atoms with E-state index in [0.717, 1.165) is 0 Å². The number of hydrogen-bond donors (Lipinski definition) is 1. The summed E-state index contributed by atoms with van der Waals surface area (Å²) in [4.78, 5) is 2.13. The summed E-state index contributed by atoms with van der Waals surface area (Å²) >= 11 is 0. The van der Waals surface area contributed by atoms with E-state index < -0.39 is 0 Å². The van der Waals surface area contributed by atoms with Crippen LogP contribution in [0.1, 0.15) is 13.8 Å². The second-order valence-electron chi connectivity index (χ2n) is 3.09. The molecule has 2 heterocycles. The molecule has 2 aliphatic heterocycles. The first-order chi connectivity index (χ1) is 4.81. The van der Waals surface area contributed by atoms with Gasteiger partial charge in [0.25, 0.3) is 0 Å². The van der Waals surface area contributed by atoms with Crippen LogP contribution in [-0.4, -0.2) is 31.1 Å². The average Bonchev–Trinajstić information content (AvgIpc) is 1.82. The average molecular weight is 245 g/mol. The summed E-state index contributed by atoms with van der Waals surface area (Å²) in [6, 6.07) is 0. The molecule has 71 valence electrons. The quantitative estimate of drug-likeness (QED) is 0.644. The Balaban J connectivity index is 0. The van der Waals surface area contributed by atoms with Gasteiger partial charge in [-0.15, -0.1) is 0 Å². The van der Waals surface area contributed by atoms with Gasteiger partial charge in [0, 0.05) is 51.2 Å². The van der Waals surface area contributed by atoms with Gasteiger partial charge in [-0.05, 0) is 13.1 Å². The number of likely N-dealkylation sites (tertiary alicyclic amines) is 1. The van der Waals surface area contributed by atoms with Crippen molar-refractivity contribution in [2.24, 2.45) is 5.41 Å². The van der Waals surface area contributed by atoms with Gasteiger partial charge in [0.2, 0.25) is 0 Å². The molecule has 2 fully saturated rings. The molecular weight excluding hydrogens is 225 g/mol. The molecule has 0 aromatic heterocycles. The first-order valence-electron chi connectivity index (χ1n) is 4.07. The molecule has 1 N–H and O–H groups in total. The van der Waals surface area contributed by atoms with E-state index in [2.05, 4.69) is 17.3 Å². The van der Waals surface area contributed by atoms with Gasteiger partial charge in [-0.2, -0.15) is 0 Å². The second kappa shape index (κ2) is 6.47. The molecule has 2 saturated heterocycles. The van der Waals surface area contributed by atoms with Crippen LogP contribution < -0.4 is 5.32 Å². The maximum atomic E-state index is 3.83. The van der Waals surface area contributed by atoms with Crippen LogP contribution in [0, 0.1) is 19.9 Å². The summed E-state index contributed by atoms with van der Waals surface area (Å²) < 4.78 is 0. The predicted octanol–water partition coefficient (Wildman–Crippen LogP) is 1.16. The first kappa shape index (κ1) is 15.5. The van der Waals surface area contributed by atoms with E-state index in [9.17, 15) is 0 Å². The van der Waals surface area contributed by atoms with Gasteiger partial charge in [-0.3, -0.25) is 7.05 Å². The van der Waals surface area contributed by atoms with Crippen molar-refractivity contribution in [3.63, 3.8) is 0 Å². The van der Waals surface area contributed by atoms with Crippen LogP contribution in [0.5, 0.6) is 0 Å². The minimum atomic E-state index is 0. The van der Waals surface area contributed by atoms with Gasteiger partial charge in [-0.25, -0.2) is 0 Å². The molecule has 0 aromatic carbocycles. The first-order valence-corrected chi connectivity index (χ1v) is 4.07. The van der Waals surface area contributed by atoms with Gasteiger partial charge in [-0.1, -0.05) is 13.8 Å². The van der Waals surface area contributed by atoms with Crippen molar-refractivity contribution in [3.8, 4) is 0 Å². The summed E-state index contributed by atoms with van der Waals surface area (Å²) in [7, 11) is 3.83. The Morgan fingerprint density at radius 1 is 1.25 bits per heavy atom. The summed E-state index contributed by atoms with van der Waals surface area (Å²) in [5.41, 5.74) is 0.668. The maximum Gasteiger partial charge on any atom is 0.0158 e. The predicted molar refractivity (Wildman–Crippen MR) is 50.0 cm³/mol. The van der Waals surface area contributed by atoms with E-state index in [1.807, 2.05) is 13.8 Å². The fraction of sp³-hybridized carbons (Fsp3) is 0.778. The molecule has 0 aromatic rings. The summed E-state index contributed by atoms with van der Waals surface area (Å²) in [6.07, 6.45) is 0. The molecular formula is C9H20N2Y-2. The van der Waals surface area contributed by atoms with E-state index in [1.54, 1.807) is 0 Å². The van der Waals surface area contributed by atoms with Crippen LogP contribution in [-0.2, 0) is 32.7 Å². The standard InChI is InChI=1S/C6H11N2.C2H6.CH3.Y/c1-8-4-6(5-8)2-7-3-6;1-2;;/h7H,1-5H2;1-2H3;1H3;/q-1;;-1;. The second-order valence-corrected chi connectivity index (χ2v) is 3.09. The largest absolute Gasteiger partial charge is 0.458 e. The molecule has 0 amide bonds. The van der Waals surface area contributed by atoms with Gasteiger partial charge in [0.1, 0.15) is 0 Å². The van der Waals surface area contributed by atoms with E-state index in [0.29, 0.717) is 5.41 Å². The summed E-state index contributed by atoms with van der Waals surface area (Å²) in [5, 5.41) is 3.27. The molecule has 1 spiro atoms. The molecule has 12 heavy (non-hydrogen) atoms. The maximum absolute atomic E-state index is 3.83. The molecule has 2 nitrogen and oxygen atoms in total. The fourth-order valence-corrected chi connectivity index (χ4v) is 1.60. The van der Waals surface area contributed by atoms with E-state index >= 15 is 0 Å².